The molecule has 4 rings (SSSR count). The number of hydrogen-bond donors (Lipinski definition) is 2. The number of fused-ring (bicyclic) bond motifs is 1. The van der Waals surface area contributed by atoms with Crippen molar-refractivity contribution in [2.24, 2.45) is 5.10 Å². The van der Waals surface area contributed by atoms with Crippen LogP contribution < -0.4 is 19.8 Å². The Hall–Kier alpha value is -2.86. The van der Waals surface area contributed by atoms with Crippen LogP contribution in [0.15, 0.2) is 59.7 Å². The Labute approximate surface area is 158 Å². The van der Waals surface area contributed by atoms with E-state index >= 15 is 0 Å². The van der Waals surface area contributed by atoms with Gasteiger partial charge in [-0.15, -0.1) is 0 Å². The maximum Gasteiger partial charge on any atom is 0.284 e. The number of carbonyl (C=O) groups excluding carboxylic acids is 1. The molecule has 0 aromatic heterocycles. The number of hydrogen-bond acceptors (Lipinski definition) is 4. The molecular weight excluding hydrogens is 342 g/mol. The molecule has 0 bridgehead atoms. The first-order valence-corrected chi connectivity index (χ1v) is 9.39. The zero-order valence-electron chi connectivity index (χ0n) is 15.2. The molecule has 2 aromatic rings. The van der Waals surface area contributed by atoms with E-state index in [0.29, 0.717) is 11.5 Å². The normalized spacial score (nSPS) is 21.4. The second kappa shape index (κ2) is 8.22. The van der Waals surface area contributed by atoms with Gasteiger partial charge >= 0.3 is 0 Å². The molecule has 2 aromatic carbocycles. The molecule has 2 N–H and O–H groups in total. The van der Waals surface area contributed by atoms with Gasteiger partial charge in [0, 0.05) is 24.1 Å². The largest absolute Gasteiger partial charge is 0.485 e. The van der Waals surface area contributed by atoms with E-state index in [1.54, 1.807) is 11.0 Å². The second-order valence-electron chi connectivity index (χ2n) is 6.93. The van der Waals surface area contributed by atoms with Crippen LogP contribution >= 0.6 is 0 Å². The van der Waals surface area contributed by atoms with E-state index in [4.69, 9.17) is 9.47 Å². The fourth-order valence-electron chi connectivity index (χ4n) is 3.42. The fourth-order valence-corrected chi connectivity index (χ4v) is 3.42. The summed E-state index contributed by atoms with van der Waals surface area (Å²) >= 11 is 0. The van der Waals surface area contributed by atoms with E-state index in [1.807, 2.05) is 24.3 Å². The zero-order valence-corrected chi connectivity index (χ0v) is 15.2. The minimum Gasteiger partial charge on any atom is -0.485 e. The molecule has 2 heterocycles. The summed E-state index contributed by atoms with van der Waals surface area (Å²) in [5.74, 6) is 0.993. The van der Waals surface area contributed by atoms with Crippen molar-refractivity contribution in [2.45, 2.75) is 25.5 Å². The minimum atomic E-state index is -0.673. The van der Waals surface area contributed by atoms with Crippen molar-refractivity contribution in [2.75, 3.05) is 19.7 Å². The van der Waals surface area contributed by atoms with Gasteiger partial charge in [0.2, 0.25) is 6.10 Å². The fraction of sp³-hybridized carbons (Fsp3) is 0.333. The first-order chi connectivity index (χ1) is 13.3. The lowest BCUT2D eigenvalue weighted by atomic mass is 10.1. The Morgan fingerprint density at radius 1 is 1.04 bits per heavy atom. The Kier molecular flexibility index (Phi) is 5.34. The molecule has 1 amide bonds. The number of amides is 1. The van der Waals surface area contributed by atoms with Crippen LogP contribution in [0.25, 0.3) is 0 Å². The number of nitrogens with zero attached hydrogens (tertiary/aromatic N) is 1. The third-order valence-electron chi connectivity index (χ3n) is 4.96. The third-order valence-corrected chi connectivity index (χ3v) is 4.96. The predicted octanol–water partition coefficient (Wildman–Crippen LogP) is 1.18. The first kappa shape index (κ1) is 17.5. The Morgan fingerprint density at radius 2 is 1.74 bits per heavy atom. The molecule has 140 valence electrons. The van der Waals surface area contributed by atoms with Gasteiger partial charge in [0.05, 0.1) is 13.1 Å². The second-order valence-corrected chi connectivity index (χ2v) is 6.93. The Morgan fingerprint density at radius 3 is 2.52 bits per heavy atom. The maximum atomic E-state index is 12.3. The maximum absolute atomic E-state index is 12.3. The Bertz CT molecular complexity index is 812. The molecule has 6 nitrogen and oxygen atoms in total. The zero-order chi connectivity index (χ0) is 18.5. The van der Waals surface area contributed by atoms with Gasteiger partial charge in [-0.05, 0) is 12.1 Å². The summed E-state index contributed by atoms with van der Waals surface area (Å²) < 4.78 is 11.3. The number of rotatable bonds is 4. The number of hydrazone groups is 1. The van der Waals surface area contributed by atoms with Crippen molar-refractivity contribution in [3.63, 3.8) is 0 Å². The number of likely N-dealkylation sites (tertiary alicyclic amines) is 1. The molecule has 0 saturated carbocycles. The summed E-state index contributed by atoms with van der Waals surface area (Å²) in [5, 5.41) is 4.32. The molecule has 1 saturated heterocycles. The van der Waals surface area contributed by atoms with Gasteiger partial charge in [-0.25, -0.2) is 5.43 Å². The summed E-state index contributed by atoms with van der Waals surface area (Å²) in [6.07, 6.45) is 1.12. The van der Waals surface area contributed by atoms with Crippen LogP contribution in [0.2, 0.25) is 0 Å². The summed E-state index contributed by atoms with van der Waals surface area (Å²) in [6.45, 7) is 3.29. The van der Waals surface area contributed by atoms with Crippen LogP contribution in [0.4, 0.5) is 0 Å². The van der Waals surface area contributed by atoms with Gasteiger partial charge in [0.1, 0.15) is 13.2 Å². The highest BCUT2D eigenvalue weighted by Crippen LogP contribution is 2.30. The monoisotopic (exact) mass is 366 g/mol. The summed E-state index contributed by atoms with van der Waals surface area (Å²) in [6, 6.07) is 17.9. The van der Waals surface area contributed by atoms with Crippen LogP contribution in [0.5, 0.6) is 11.5 Å². The predicted molar refractivity (Wildman–Crippen MR) is 102 cm³/mol. The van der Waals surface area contributed by atoms with Crippen molar-refractivity contribution in [1.29, 1.82) is 0 Å². The number of nitrogens with one attached hydrogen (secondary N) is 2. The lowest BCUT2D eigenvalue weighted by Gasteiger charge is -2.26. The van der Waals surface area contributed by atoms with Gasteiger partial charge in [0.25, 0.3) is 5.91 Å². The van der Waals surface area contributed by atoms with E-state index < -0.39 is 6.10 Å². The van der Waals surface area contributed by atoms with Gasteiger partial charge < -0.3 is 14.4 Å². The topological polar surface area (TPSA) is 64.4 Å². The number of carbonyl (C=O) groups is 1. The molecule has 1 fully saturated rings. The molecule has 0 spiro atoms. The van der Waals surface area contributed by atoms with E-state index in [0.717, 1.165) is 38.2 Å². The highest BCUT2D eigenvalue weighted by atomic mass is 16.6. The first-order valence-electron chi connectivity index (χ1n) is 9.39. The molecule has 0 aliphatic carbocycles. The molecule has 2 aliphatic rings. The standard InChI is InChI=1S/C21H23N3O3/c25-21(20-15-26-18-8-4-5-9-19(18)27-20)23-22-17-10-12-24(13-11-17)14-16-6-2-1-3-7-16/h1-9,20H,10-15H2,(H,23,25)/p+1/t20-/m1/s1. The smallest absolute Gasteiger partial charge is 0.284 e. The van der Waals surface area contributed by atoms with E-state index in [1.165, 1.54) is 5.56 Å². The third kappa shape index (κ3) is 4.46. The molecule has 0 unspecified atom stereocenters. The molecule has 1 atom stereocenters. The summed E-state index contributed by atoms with van der Waals surface area (Å²) in [4.78, 5) is 13.9. The number of ether oxygens (including phenoxy) is 2. The van der Waals surface area contributed by atoms with Crippen molar-refractivity contribution < 1.29 is 19.2 Å². The number of piperidine rings is 1. The average molecular weight is 366 g/mol. The van der Waals surface area contributed by atoms with Gasteiger partial charge in [-0.2, -0.15) is 5.10 Å². The average Bonchev–Trinajstić information content (AvgIpc) is 2.73. The highest BCUT2D eigenvalue weighted by Gasteiger charge is 2.27. The van der Waals surface area contributed by atoms with Crippen LogP contribution in [0.3, 0.4) is 0 Å². The summed E-state index contributed by atoms with van der Waals surface area (Å²) in [7, 11) is 0. The van der Waals surface area contributed by atoms with E-state index in [-0.39, 0.29) is 12.5 Å². The lowest BCUT2D eigenvalue weighted by Crippen LogP contribution is -3.11. The number of para-hydroxylation sites is 2. The minimum absolute atomic E-state index is 0.197. The van der Waals surface area contributed by atoms with Crippen molar-refractivity contribution in [3.8, 4) is 11.5 Å². The van der Waals surface area contributed by atoms with E-state index in [2.05, 4.69) is 34.8 Å². The molecule has 27 heavy (non-hydrogen) atoms. The van der Waals surface area contributed by atoms with Crippen LogP contribution in [-0.4, -0.2) is 37.4 Å². The SMILES string of the molecule is O=C(NN=C1CC[NH+](Cc2ccccc2)CC1)[C@H]1COc2ccccc2O1. The van der Waals surface area contributed by atoms with Crippen LogP contribution in [-0.2, 0) is 11.3 Å². The van der Waals surface area contributed by atoms with Crippen LogP contribution in [0.1, 0.15) is 18.4 Å². The number of benzene rings is 2. The quantitative estimate of drug-likeness (QED) is 0.799. The molecule has 6 heteroatoms. The van der Waals surface area contributed by atoms with E-state index in [9.17, 15) is 4.79 Å². The highest BCUT2D eigenvalue weighted by molar-refractivity contribution is 5.88. The van der Waals surface area contributed by atoms with Crippen molar-refractivity contribution in [3.05, 3.63) is 60.2 Å². The Balaban J connectivity index is 1.25. The molecule has 2 aliphatic heterocycles. The van der Waals surface area contributed by atoms with Gasteiger partial charge in [-0.3, -0.25) is 4.79 Å². The molecular formula is C21H24N3O3+. The van der Waals surface area contributed by atoms with Crippen LogP contribution in [0, 0.1) is 0 Å². The molecule has 0 radical (unpaired) electrons. The van der Waals surface area contributed by atoms with Gasteiger partial charge in [-0.1, -0.05) is 42.5 Å². The van der Waals surface area contributed by atoms with Gasteiger partial charge in [0.15, 0.2) is 11.5 Å². The lowest BCUT2D eigenvalue weighted by molar-refractivity contribution is -0.914. The van der Waals surface area contributed by atoms with Crippen molar-refractivity contribution >= 4 is 11.6 Å². The summed E-state index contributed by atoms with van der Waals surface area (Å²) in [5.41, 5.74) is 5.05. The number of quaternary nitrogens is 1. The van der Waals surface area contributed by atoms with Crippen molar-refractivity contribution in [1.82, 2.24) is 5.43 Å².